The average Bonchev–Trinajstić information content (AvgIpc) is 2.40. The minimum Gasteiger partial charge on any atom is -0.492 e. The maximum absolute atomic E-state index is 9.40. The molecule has 0 radical (unpaired) electrons. The smallest absolute Gasteiger partial charge is 0.119 e. The first kappa shape index (κ1) is 13.3. The summed E-state index contributed by atoms with van der Waals surface area (Å²) in [6.07, 6.45) is -0.424. The van der Waals surface area contributed by atoms with Crippen LogP contribution in [-0.2, 0) is 4.74 Å². The molecular formula is C14H21NO3. The lowest BCUT2D eigenvalue weighted by Gasteiger charge is -2.26. The Morgan fingerprint density at radius 1 is 1.28 bits per heavy atom. The van der Waals surface area contributed by atoms with Gasteiger partial charge in [0.25, 0.3) is 0 Å². The summed E-state index contributed by atoms with van der Waals surface area (Å²) in [4.78, 5) is 2.34. The SMILES string of the molecule is CC(O)c1ccc(OCCN2CCOCC2)cc1. The second kappa shape index (κ2) is 6.73. The molecule has 1 aliphatic heterocycles. The quantitative estimate of drug-likeness (QED) is 0.860. The third-order valence-electron chi connectivity index (χ3n) is 3.14. The first-order chi connectivity index (χ1) is 8.75. The van der Waals surface area contributed by atoms with Gasteiger partial charge in [0.1, 0.15) is 12.4 Å². The Kier molecular flexibility index (Phi) is 4.99. The molecule has 4 heteroatoms. The second-order valence-electron chi connectivity index (χ2n) is 4.55. The molecule has 1 aromatic carbocycles. The van der Waals surface area contributed by atoms with Gasteiger partial charge in [-0.05, 0) is 24.6 Å². The van der Waals surface area contributed by atoms with Crippen LogP contribution in [0.25, 0.3) is 0 Å². The zero-order valence-corrected chi connectivity index (χ0v) is 10.8. The number of aliphatic hydroxyl groups excluding tert-OH is 1. The molecule has 1 aromatic rings. The maximum atomic E-state index is 9.40. The summed E-state index contributed by atoms with van der Waals surface area (Å²) in [6, 6.07) is 7.60. The molecule has 1 saturated heterocycles. The third kappa shape index (κ3) is 3.98. The lowest BCUT2D eigenvalue weighted by molar-refractivity contribution is 0.0322. The van der Waals surface area contributed by atoms with Gasteiger partial charge in [0.15, 0.2) is 0 Å². The van der Waals surface area contributed by atoms with Crippen LogP contribution in [0, 0.1) is 0 Å². The zero-order chi connectivity index (χ0) is 12.8. The first-order valence-corrected chi connectivity index (χ1v) is 6.46. The van der Waals surface area contributed by atoms with Crippen molar-refractivity contribution in [1.29, 1.82) is 0 Å². The predicted molar refractivity (Wildman–Crippen MR) is 69.8 cm³/mol. The number of benzene rings is 1. The number of aliphatic hydroxyl groups is 1. The lowest BCUT2D eigenvalue weighted by Crippen LogP contribution is -2.38. The van der Waals surface area contributed by atoms with Crippen molar-refractivity contribution >= 4 is 0 Å². The van der Waals surface area contributed by atoms with E-state index in [0.29, 0.717) is 6.61 Å². The van der Waals surface area contributed by atoms with Gasteiger partial charge in [0.2, 0.25) is 0 Å². The summed E-state index contributed by atoms with van der Waals surface area (Å²) in [7, 11) is 0. The number of ether oxygens (including phenoxy) is 2. The summed E-state index contributed by atoms with van der Waals surface area (Å²) in [5.74, 6) is 0.854. The maximum Gasteiger partial charge on any atom is 0.119 e. The van der Waals surface area contributed by atoms with E-state index in [2.05, 4.69) is 4.90 Å². The Morgan fingerprint density at radius 2 is 1.94 bits per heavy atom. The van der Waals surface area contributed by atoms with Crippen LogP contribution in [-0.4, -0.2) is 49.5 Å². The van der Waals surface area contributed by atoms with Gasteiger partial charge >= 0.3 is 0 Å². The minimum atomic E-state index is -0.424. The normalized spacial score (nSPS) is 18.6. The molecule has 0 saturated carbocycles. The van der Waals surface area contributed by atoms with Gasteiger partial charge in [-0.15, -0.1) is 0 Å². The number of hydrogen-bond donors (Lipinski definition) is 1. The van der Waals surface area contributed by atoms with Crippen LogP contribution < -0.4 is 4.74 Å². The van der Waals surface area contributed by atoms with E-state index < -0.39 is 6.10 Å². The molecule has 1 fully saturated rings. The molecule has 100 valence electrons. The Bertz CT molecular complexity index is 345. The summed E-state index contributed by atoms with van der Waals surface area (Å²) in [5, 5.41) is 9.40. The van der Waals surface area contributed by atoms with Crippen molar-refractivity contribution in [3.05, 3.63) is 29.8 Å². The topological polar surface area (TPSA) is 41.9 Å². The van der Waals surface area contributed by atoms with Gasteiger partial charge in [0, 0.05) is 19.6 Å². The van der Waals surface area contributed by atoms with Crippen LogP contribution in [0.4, 0.5) is 0 Å². The highest BCUT2D eigenvalue weighted by Crippen LogP contribution is 2.17. The van der Waals surface area contributed by atoms with Crippen molar-refractivity contribution < 1.29 is 14.6 Å². The molecule has 0 amide bonds. The fraction of sp³-hybridized carbons (Fsp3) is 0.571. The highest BCUT2D eigenvalue weighted by molar-refractivity contribution is 5.28. The monoisotopic (exact) mass is 251 g/mol. The van der Waals surface area contributed by atoms with Crippen molar-refractivity contribution in [2.24, 2.45) is 0 Å². The van der Waals surface area contributed by atoms with Crippen molar-refractivity contribution in [1.82, 2.24) is 4.90 Å². The Labute approximate surface area is 108 Å². The fourth-order valence-corrected chi connectivity index (χ4v) is 1.96. The Balaban J connectivity index is 1.72. The summed E-state index contributed by atoms with van der Waals surface area (Å²) >= 11 is 0. The van der Waals surface area contributed by atoms with Crippen LogP contribution >= 0.6 is 0 Å². The lowest BCUT2D eigenvalue weighted by atomic mass is 10.1. The molecule has 2 rings (SSSR count). The third-order valence-corrected chi connectivity index (χ3v) is 3.14. The molecule has 1 unspecified atom stereocenters. The summed E-state index contributed by atoms with van der Waals surface area (Å²) < 4.78 is 11.0. The van der Waals surface area contributed by atoms with Gasteiger partial charge in [-0.1, -0.05) is 12.1 Å². The predicted octanol–water partition coefficient (Wildman–Crippen LogP) is 1.45. The van der Waals surface area contributed by atoms with Gasteiger partial charge in [-0.2, -0.15) is 0 Å². The molecule has 1 atom stereocenters. The van der Waals surface area contributed by atoms with Crippen LogP contribution in [0.15, 0.2) is 24.3 Å². The van der Waals surface area contributed by atoms with Crippen LogP contribution in [0.2, 0.25) is 0 Å². The van der Waals surface area contributed by atoms with E-state index in [1.165, 1.54) is 0 Å². The van der Waals surface area contributed by atoms with E-state index in [4.69, 9.17) is 9.47 Å². The van der Waals surface area contributed by atoms with Crippen LogP contribution in [0.3, 0.4) is 0 Å². The van der Waals surface area contributed by atoms with Crippen molar-refractivity contribution in [3.63, 3.8) is 0 Å². The molecule has 18 heavy (non-hydrogen) atoms. The molecule has 4 nitrogen and oxygen atoms in total. The molecule has 1 N–H and O–H groups in total. The number of morpholine rings is 1. The largest absolute Gasteiger partial charge is 0.492 e. The number of nitrogens with zero attached hydrogens (tertiary/aromatic N) is 1. The van der Waals surface area contributed by atoms with E-state index in [9.17, 15) is 5.11 Å². The number of rotatable bonds is 5. The van der Waals surface area contributed by atoms with Gasteiger partial charge in [-0.25, -0.2) is 0 Å². The first-order valence-electron chi connectivity index (χ1n) is 6.46. The Hall–Kier alpha value is -1.10. The van der Waals surface area contributed by atoms with E-state index in [-0.39, 0.29) is 0 Å². The van der Waals surface area contributed by atoms with E-state index >= 15 is 0 Å². The molecular weight excluding hydrogens is 230 g/mol. The fourth-order valence-electron chi connectivity index (χ4n) is 1.96. The average molecular weight is 251 g/mol. The van der Waals surface area contributed by atoms with Gasteiger partial charge in [-0.3, -0.25) is 4.90 Å². The van der Waals surface area contributed by atoms with E-state index in [1.54, 1.807) is 6.92 Å². The van der Waals surface area contributed by atoms with Crippen LogP contribution in [0.1, 0.15) is 18.6 Å². The van der Waals surface area contributed by atoms with Crippen molar-refractivity contribution in [3.8, 4) is 5.75 Å². The van der Waals surface area contributed by atoms with Crippen LogP contribution in [0.5, 0.6) is 5.75 Å². The van der Waals surface area contributed by atoms with Gasteiger partial charge in [0.05, 0.1) is 19.3 Å². The summed E-state index contributed by atoms with van der Waals surface area (Å²) in [5.41, 5.74) is 0.913. The summed E-state index contributed by atoms with van der Waals surface area (Å²) in [6.45, 7) is 7.00. The zero-order valence-electron chi connectivity index (χ0n) is 10.8. The number of hydrogen-bond acceptors (Lipinski definition) is 4. The molecule has 1 heterocycles. The Morgan fingerprint density at radius 3 is 2.56 bits per heavy atom. The highest BCUT2D eigenvalue weighted by Gasteiger charge is 2.09. The standard InChI is InChI=1S/C14H21NO3/c1-12(16)13-2-4-14(5-3-13)18-11-8-15-6-9-17-10-7-15/h2-5,12,16H,6-11H2,1H3. The van der Waals surface area contributed by atoms with Gasteiger partial charge < -0.3 is 14.6 Å². The molecule has 0 aliphatic carbocycles. The molecule has 1 aliphatic rings. The van der Waals surface area contributed by atoms with Crippen molar-refractivity contribution in [2.75, 3.05) is 39.5 Å². The van der Waals surface area contributed by atoms with E-state index in [0.717, 1.165) is 44.2 Å². The molecule has 0 spiro atoms. The molecule has 0 aromatic heterocycles. The van der Waals surface area contributed by atoms with Crippen molar-refractivity contribution in [2.45, 2.75) is 13.0 Å². The minimum absolute atomic E-state index is 0.424. The second-order valence-corrected chi connectivity index (χ2v) is 4.55. The molecule has 0 bridgehead atoms. The van der Waals surface area contributed by atoms with E-state index in [1.807, 2.05) is 24.3 Å². The highest BCUT2D eigenvalue weighted by atomic mass is 16.5.